The number of benzene rings is 1. The SMILES string of the molecule is O=C(C1CCN(c2ncnc3cc[nH]c23)CC1)N1CCc2ccccc2C1. The van der Waals surface area contributed by atoms with Crippen molar-refractivity contribution < 1.29 is 4.79 Å². The first-order chi connectivity index (χ1) is 13.3. The van der Waals surface area contributed by atoms with Crippen LogP contribution in [0, 0.1) is 5.92 Å². The minimum absolute atomic E-state index is 0.118. The Labute approximate surface area is 158 Å². The van der Waals surface area contributed by atoms with E-state index in [0.29, 0.717) is 5.91 Å². The molecular weight excluding hydrogens is 338 g/mol. The Morgan fingerprint density at radius 1 is 1.04 bits per heavy atom. The van der Waals surface area contributed by atoms with Crippen molar-refractivity contribution in [2.75, 3.05) is 24.5 Å². The van der Waals surface area contributed by atoms with Crippen LogP contribution in [-0.2, 0) is 17.8 Å². The van der Waals surface area contributed by atoms with Crippen LogP contribution in [0.1, 0.15) is 24.0 Å². The van der Waals surface area contributed by atoms with Crippen LogP contribution >= 0.6 is 0 Å². The zero-order chi connectivity index (χ0) is 18.2. The largest absolute Gasteiger partial charge is 0.357 e. The zero-order valence-corrected chi connectivity index (χ0v) is 15.3. The molecule has 0 aliphatic carbocycles. The van der Waals surface area contributed by atoms with Crippen LogP contribution in [-0.4, -0.2) is 45.4 Å². The molecule has 0 bridgehead atoms. The quantitative estimate of drug-likeness (QED) is 0.762. The van der Waals surface area contributed by atoms with E-state index in [1.54, 1.807) is 6.33 Å². The standard InChI is InChI=1S/C21H23N5O/c27-21(26-12-6-15-3-1-2-4-17(15)13-26)16-7-10-25(11-8-16)20-19-18(5-9-22-19)23-14-24-20/h1-5,9,14,16,22H,6-8,10-13H2. The summed E-state index contributed by atoms with van der Waals surface area (Å²) in [6, 6.07) is 10.4. The van der Waals surface area contributed by atoms with Gasteiger partial charge in [-0.15, -0.1) is 0 Å². The molecule has 1 fully saturated rings. The fourth-order valence-corrected chi connectivity index (χ4v) is 4.38. The summed E-state index contributed by atoms with van der Waals surface area (Å²) in [5.41, 5.74) is 4.60. The number of anilines is 1. The van der Waals surface area contributed by atoms with Crippen LogP contribution < -0.4 is 4.90 Å². The fourth-order valence-electron chi connectivity index (χ4n) is 4.38. The number of fused-ring (bicyclic) bond motifs is 2. The smallest absolute Gasteiger partial charge is 0.226 e. The van der Waals surface area contributed by atoms with E-state index in [4.69, 9.17) is 0 Å². The number of hydrogen-bond donors (Lipinski definition) is 1. The van der Waals surface area contributed by atoms with Crippen molar-refractivity contribution in [3.05, 3.63) is 54.0 Å². The first kappa shape index (κ1) is 16.3. The molecule has 0 saturated carbocycles. The van der Waals surface area contributed by atoms with E-state index >= 15 is 0 Å². The minimum Gasteiger partial charge on any atom is -0.357 e. The topological polar surface area (TPSA) is 65.1 Å². The van der Waals surface area contributed by atoms with Crippen molar-refractivity contribution in [2.24, 2.45) is 5.92 Å². The predicted octanol–water partition coefficient (Wildman–Crippen LogP) is 2.76. The molecule has 27 heavy (non-hydrogen) atoms. The lowest BCUT2D eigenvalue weighted by Gasteiger charge is -2.36. The molecule has 138 valence electrons. The third-order valence-corrected chi connectivity index (χ3v) is 5.91. The number of hydrogen-bond acceptors (Lipinski definition) is 4. The van der Waals surface area contributed by atoms with Gasteiger partial charge in [0.2, 0.25) is 5.91 Å². The summed E-state index contributed by atoms with van der Waals surface area (Å²) in [7, 11) is 0. The number of amides is 1. The van der Waals surface area contributed by atoms with E-state index in [1.165, 1.54) is 11.1 Å². The molecule has 2 aromatic heterocycles. The third-order valence-electron chi connectivity index (χ3n) is 5.91. The fraction of sp³-hybridized carbons (Fsp3) is 0.381. The van der Waals surface area contributed by atoms with E-state index in [9.17, 15) is 4.79 Å². The van der Waals surface area contributed by atoms with Gasteiger partial charge in [0.05, 0.1) is 5.52 Å². The Morgan fingerprint density at radius 3 is 2.70 bits per heavy atom. The van der Waals surface area contributed by atoms with Gasteiger partial charge in [-0.1, -0.05) is 24.3 Å². The van der Waals surface area contributed by atoms with Crippen LogP contribution in [0.25, 0.3) is 11.0 Å². The molecule has 0 radical (unpaired) electrons. The number of carbonyl (C=O) groups excluding carboxylic acids is 1. The van der Waals surface area contributed by atoms with E-state index in [1.807, 2.05) is 12.3 Å². The summed E-state index contributed by atoms with van der Waals surface area (Å²) >= 11 is 0. The predicted molar refractivity (Wildman–Crippen MR) is 104 cm³/mol. The molecule has 1 amide bonds. The number of carbonyl (C=O) groups is 1. The second-order valence-electron chi connectivity index (χ2n) is 7.48. The number of piperidine rings is 1. The second-order valence-corrected chi connectivity index (χ2v) is 7.48. The van der Waals surface area contributed by atoms with Crippen molar-refractivity contribution >= 4 is 22.8 Å². The van der Waals surface area contributed by atoms with Gasteiger partial charge in [0.1, 0.15) is 11.8 Å². The first-order valence-corrected chi connectivity index (χ1v) is 9.68. The van der Waals surface area contributed by atoms with Crippen LogP contribution in [0.3, 0.4) is 0 Å². The van der Waals surface area contributed by atoms with Gasteiger partial charge in [-0.05, 0) is 36.5 Å². The lowest BCUT2D eigenvalue weighted by molar-refractivity contribution is -0.137. The summed E-state index contributed by atoms with van der Waals surface area (Å²) in [4.78, 5) is 29.4. The molecule has 4 heterocycles. The third kappa shape index (κ3) is 2.95. The van der Waals surface area contributed by atoms with Crippen molar-refractivity contribution in [3.8, 4) is 0 Å². The summed E-state index contributed by atoms with van der Waals surface area (Å²) in [5.74, 6) is 1.38. The van der Waals surface area contributed by atoms with E-state index in [-0.39, 0.29) is 5.92 Å². The van der Waals surface area contributed by atoms with Gasteiger partial charge in [0.15, 0.2) is 5.82 Å². The van der Waals surface area contributed by atoms with Gasteiger partial charge in [0.25, 0.3) is 0 Å². The molecule has 0 unspecified atom stereocenters. The van der Waals surface area contributed by atoms with Gasteiger partial charge >= 0.3 is 0 Å². The normalized spacial score (nSPS) is 17.9. The molecule has 2 aliphatic rings. The molecule has 2 aliphatic heterocycles. The summed E-state index contributed by atoms with van der Waals surface area (Å²) < 4.78 is 0. The Hall–Kier alpha value is -2.89. The zero-order valence-electron chi connectivity index (χ0n) is 15.3. The Kier molecular flexibility index (Phi) is 4.03. The van der Waals surface area contributed by atoms with Crippen LogP contribution in [0.5, 0.6) is 0 Å². The van der Waals surface area contributed by atoms with Crippen molar-refractivity contribution in [1.29, 1.82) is 0 Å². The van der Waals surface area contributed by atoms with Gasteiger partial charge in [-0.3, -0.25) is 4.79 Å². The Morgan fingerprint density at radius 2 is 1.85 bits per heavy atom. The Balaban J connectivity index is 1.26. The molecular formula is C21H23N5O. The van der Waals surface area contributed by atoms with Gasteiger partial charge in [-0.25, -0.2) is 9.97 Å². The Bertz CT molecular complexity index is 973. The highest BCUT2D eigenvalue weighted by atomic mass is 16.2. The second kappa shape index (κ2) is 6.68. The van der Waals surface area contributed by atoms with Crippen molar-refractivity contribution in [3.63, 3.8) is 0 Å². The highest BCUT2D eigenvalue weighted by Crippen LogP contribution is 2.28. The summed E-state index contributed by atoms with van der Waals surface area (Å²) in [6.45, 7) is 3.30. The molecule has 5 rings (SSSR count). The summed E-state index contributed by atoms with van der Waals surface area (Å²) in [6.07, 6.45) is 6.24. The number of H-pyrrole nitrogens is 1. The first-order valence-electron chi connectivity index (χ1n) is 9.68. The number of nitrogens with one attached hydrogen (secondary N) is 1. The van der Waals surface area contributed by atoms with E-state index in [2.05, 4.69) is 49.0 Å². The molecule has 1 aromatic carbocycles. The molecule has 0 atom stereocenters. The minimum atomic E-state index is 0.118. The van der Waals surface area contributed by atoms with Crippen LogP contribution in [0.4, 0.5) is 5.82 Å². The molecule has 1 N–H and O–H groups in total. The summed E-state index contributed by atoms with van der Waals surface area (Å²) in [5, 5.41) is 0. The molecule has 3 aromatic rings. The maximum Gasteiger partial charge on any atom is 0.226 e. The number of aromatic nitrogens is 3. The van der Waals surface area contributed by atoms with E-state index in [0.717, 1.165) is 62.3 Å². The van der Waals surface area contributed by atoms with Crippen LogP contribution in [0.15, 0.2) is 42.9 Å². The maximum atomic E-state index is 13.1. The highest BCUT2D eigenvalue weighted by molar-refractivity contribution is 5.86. The molecule has 6 nitrogen and oxygen atoms in total. The van der Waals surface area contributed by atoms with E-state index < -0.39 is 0 Å². The lowest BCUT2D eigenvalue weighted by Crippen LogP contribution is -2.44. The monoisotopic (exact) mass is 361 g/mol. The van der Waals surface area contributed by atoms with Crippen LogP contribution in [0.2, 0.25) is 0 Å². The average Bonchev–Trinajstić information content (AvgIpc) is 3.22. The highest BCUT2D eigenvalue weighted by Gasteiger charge is 2.31. The van der Waals surface area contributed by atoms with Gasteiger partial charge in [-0.2, -0.15) is 0 Å². The average molecular weight is 361 g/mol. The molecule has 1 saturated heterocycles. The lowest BCUT2D eigenvalue weighted by atomic mass is 9.93. The number of rotatable bonds is 2. The molecule has 6 heteroatoms. The van der Waals surface area contributed by atoms with Crippen molar-refractivity contribution in [1.82, 2.24) is 19.9 Å². The maximum absolute atomic E-state index is 13.1. The molecule has 0 spiro atoms. The number of aromatic amines is 1. The number of nitrogens with zero attached hydrogens (tertiary/aromatic N) is 4. The van der Waals surface area contributed by atoms with Crippen molar-refractivity contribution in [2.45, 2.75) is 25.8 Å². The van der Waals surface area contributed by atoms with Gasteiger partial charge < -0.3 is 14.8 Å². The van der Waals surface area contributed by atoms with Gasteiger partial charge in [0, 0.05) is 38.3 Å².